The summed E-state index contributed by atoms with van der Waals surface area (Å²) in [5, 5.41) is 18.2. The lowest BCUT2D eigenvalue weighted by Gasteiger charge is -2.10. The first kappa shape index (κ1) is 17.9. The number of halogens is 3. The standard InChI is InChI=1S/C13H11Br2ClN4O3/c1-6-12(16)7(2)19(18-6)5-11(21)17-13-9(14)3-8(20(22)23)4-10(13)15/h3-4H,5H2,1-2H3,(H,17,21). The van der Waals surface area contributed by atoms with Crippen LogP contribution in [0.2, 0.25) is 5.02 Å². The van der Waals surface area contributed by atoms with Gasteiger partial charge >= 0.3 is 0 Å². The number of benzene rings is 1. The van der Waals surface area contributed by atoms with Crippen molar-refractivity contribution in [1.82, 2.24) is 9.78 Å². The van der Waals surface area contributed by atoms with Gasteiger partial charge in [0.05, 0.1) is 27.0 Å². The monoisotopic (exact) mass is 464 g/mol. The molecule has 0 aliphatic rings. The molecule has 1 amide bonds. The smallest absolute Gasteiger partial charge is 0.271 e. The summed E-state index contributed by atoms with van der Waals surface area (Å²) in [6.45, 7) is 3.51. The third kappa shape index (κ3) is 3.91. The molecule has 7 nitrogen and oxygen atoms in total. The Hall–Kier alpha value is -1.45. The zero-order valence-electron chi connectivity index (χ0n) is 12.1. The number of anilines is 1. The molecule has 0 aliphatic heterocycles. The molecule has 0 saturated heterocycles. The van der Waals surface area contributed by atoms with Crippen molar-refractivity contribution in [2.24, 2.45) is 0 Å². The predicted octanol–water partition coefficient (Wildman–Crippen LogP) is 4.23. The summed E-state index contributed by atoms with van der Waals surface area (Å²) in [5.41, 5.74) is 1.66. The molecule has 0 atom stereocenters. The number of nitrogens with zero attached hydrogens (tertiary/aromatic N) is 3. The summed E-state index contributed by atoms with van der Waals surface area (Å²) in [6.07, 6.45) is 0. The first-order chi connectivity index (χ1) is 10.7. The Bertz CT molecular complexity index is 784. The number of aromatic nitrogens is 2. The number of nitro benzene ring substituents is 1. The normalized spacial score (nSPS) is 10.7. The van der Waals surface area contributed by atoms with Crippen molar-refractivity contribution in [3.63, 3.8) is 0 Å². The van der Waals surface area contributed by atoms with Gasteiger partial charge in [-0.1, -0.05) is 11.6 Å². The fourth-order valence-corrected chi connectivity index (χ4v) is 3.42. The van der Waals surface area contributed by atoms with Crippen LogP contribution in [0.3, 0.4) is 0 Å². The third-order valence-corrected chi connectivity index (χ3v) is 4.89. The van der Waals surface area contributed by atoms with E-state index in [1.807, 2.05) is 0 Å². The zero-order chi connectivity index (χ0) is 17.3. The number of hydrogen-bond donors (Lipinski definition) is 1. The Morgan fingerprint density at radius 2 is 1.96 bits per heavy atom. The lowest BCUT2D eigenvalue weighted by molar-refractivity contribution is -0.385. The zero-order valence-corrected chi connectivity index (χ0v) is 16.0. The molecule has 0 fully saturated rings. The van der Waals surface area contributed by atoms with E-state index in [9.17, 15) is 14.9 Å². The summed E-state index contributed by atoms with van der Waals surface area (Å²) in [7, 11) is 0. The van der Waals surface area contributed by atoms with Crippen molar-refractivity contribution in [3.8, 4) is 0 Å². The molecular weight excluding hydrogens is 455 g/mol. The average molecular weight is 467 g/mol. The fourth-order valence-electron chi connectivity index (χ4n) is 1.93. The van der Waals surface area contributed by atoms with Crippen molar-refractivity contribution >= 4 is 60.7 Å². The van der Waals surface area contributed by atoms with Crippen LogP contribution in [-0.4, -0.2) is 20.6 Å². The van der Waals surface area contributed by atoms with Crippen LogP contribution in [0.15, 0.2) is 21.1 Å². The highest BCUT2D eigenvalue weighted by atomic mass is 79.9. The number of nitro groups is 1. The van der Waals surface area contributed by atoms with E-state index in [0.29, 0.717) is 31.0 Å². The number of non-ortho nitro benzene ring substituents is 1. The summed E-state index contributed by atoms with van der Waals surface area (Å²) in [5.74, 6) is -0.331. The maximum Gasteiger partial charge on any atom is 0.271 e. The van der Waals surface area contributed by atoms with Crippen LogP contribution in [0.4, 0.5) is 11.4 Å². The minimum Gasteiger partial charge on any atom is -0.323 e. The number of hydrogen-bond acceptors (Lipinski definition) is 4. The number of carbonyl (C=O) groups is 1. The van der Waals surface area contributed by atoms with Gasteiger partial charge in [0.15, 0.2) is 0 Å². The van der Waals surface area contributed by atoms with Gasteiger partial charge in [-0.3, -0.25) is 19.6 Å². The number of nitrogens with one attached hydrogen (secondary N) is 1. The summed E-state index contributed by atoms with van der Waals surface area (Å²) in [4.78, 5) is 22.5. The van der Waals surface area contributed by atoms with Gasteiger partial charge in [0.2, 0.25) is 5.91 Å². The van der Waals surface area contributed by atoms with E-state index in [0.717, 1.165) is 0 Å². The lowest BCUT2D eigenvalue weighted by atomic mass is 10.3. The quantitative estimate of drug-likeness (QED) is 0.540. The first-order valence-corrected chi connectivity index (χ1v) is 8.30. The molecule has 122 valence electrons. The Labute approximate surface area is 153 Å². The Kier molecular flexibility index (Phi) is 5.43. The molecule has 0 spiro atoms. The van der Waals surface area contributed by atoms with Gasteiger partial charge in [-0.2, -0.15) is 5.10 Å². The van der Waals surface area contributed by atoms with E-state index in [1.165, 1.54) is 16.8 Å². The van der Waals surface area contributed by atoms with Crippen molar-refractivity contribution in [2.45, 2.75) is 20.4 Å². The van der Waals surface area contributed by atoms with Gasteiger partial charge in [0, 0.05) is 21.1 Å². The van der Waals surface area contributed by atoms with Gasteiger partial charge in [-0.05, 0) is 45.7 Å². The molecule has 1 aromatic heterocycles. The van der Waals surface area contributed by atoms with Crippen molar-refractivity contribution in [2.75, 3.05) is 5.32 Å². The van der Waals surface area contributed by atoms with Crippen LogP contribution in [0, 0.1) is 24.0 Å². The maximum atomic E-state index is 12.2. The van der Waals surface area contributed by atoms with Gasteiger partial charge in [0.25, 0.3) is 5.69 Å². The Morgan fingerprint density at radius 1 is 1.39 bits per heavy atom. The number of aryl methyl sites for hydroxylation is 1. The summed E-state index contributed by atoms with van der Waals surface area (Å²) >= 11 is 12.5. The molecule has 10 heteroatoms. The second-order valence-electron chi connectivity index (χ2n) is 4.73. The van der Waals surface area contributed by atoms with E-state index < -0.39 is 4.92 Å². The number of carbonyl (C=O) groups excluding carboxylic acids is 1. The minimum atomic E-state index is -0.515. The van der Waals surface area contributed by atoms with Crippen molar-refractivity contribution < 1.29 is 9.72 Å². The van der Waals surface area contributed by atoms with Crippen molar-refractivity contribution in [1.29, 1.82) is 0 Å². The second kappa shape index (κ2) is 6.98. The van der Waals surface area contributed by atoms with Crippen LogP contribution in [0.1, 0.15) is 11.4 Å². The van der Waals surface area contributed by atoms with Crippen LogP contribution in [0.25, 0.3) is 0 Å². The topological polar surface area (TPSA) is 90.1 Å². The molecule has 23 heavy (non-hydrogen) atoms. The molecule has 2 aromatic rings. The van der Waals surface area contributed by atoms with Crippen LogP contribution in [0.5, 0.6) is 0 Å². The average Bonchev–Trinajstić information content (AvgIpc) is 2.70. The highest BCUT2D eigenvalue weighted by molar-refractivity contribution is 9.11. The number of rotatable bonds is 4. The van der Waals surface area contributed by atoms with Crippen molar-refractivity contribution in [3.05, 3.63) is 47.6 Å². The largest absolute Gasteiger partial charge is 0.323 e. The molecule has 1 aromatic carbocycles. The number of amides is 1. The highest BCUT2D eigenvalue weighted by Gasteiger charge is 2.17. The highest BCUT2D eigenvalue weighted by Crippen LogP contribution is 2.35. The fraction of sp³-hybridized carbons (Fsp3) is 0.231. The van der Waals surface area contributed by atoms with Gasteiger partial charge < -0.3 is 5.32 Å². The van der Waals surface area contributed by atoms with E-state index in [4.69, 9.17) is 11.6 Å². The van der Waals surface area contributed by atoms with E-state index in [2.05, 4.69) is 42.3 Å². The van der Waals surface area contributed by atoms with E-state index >= 15 is 0 Å². The van der Waals surface area contributed by atoms with Gasteiger partial charge in [-0.15, -0.1) is 0 Å². The van der Waals surface area contributed by atoms with Gasteiger partial charge in [-0.25, -0.2) is 0 Å². The third-order valence-electron chi connectivity index (χ3n) is 3.09. The predicted molar refractivity (Wildman–Crippen MR) is 93.8 cm³/mol. The minimum absolute atomic E-state index is 0.0186. The Morgan fingerprint density at radius 3 is 2.39 bits per heavy atom. The molecule has 0 radical (unpaired) electrons. The molecule has 1 N–H and O–H groups in total. The molecule has 0 bridgehead atoms. The summed E-state index contributed by atoms with van der Waals surface area (Å²) in [6, 6.07) is 2.64. The van der Waals surface area contributed by atoms with Gasteiger partial charge in [0.1, 0.15) is 6.54 Å². The molecule has 1 heterocycles. The molecule has 0 unspecified atom stereocenters. The summed E-state index contributed by atoms with van der Waals surface area (Å²) < 4.78 is 2.30. The van der Waals surface area contributed by atoms with E-state index in [1.54, 1.807) is 13.8 Å². The van der Waals surface area contributed by atoms with Crippen LogP contribution in [-0.2, 0) is 11.3 Å². The second-order valence-corrected chi connectivity index (χ2v) is 6.82. The maximum absolute atomic E-state index is 12.2. The molecular formula is C13H11Br2ClN4O3. The SMILES string of the molecule is Cc1nn(CC(=O)Nc2c(Br)cc([N+](=O)[O-])cc2Br)c(C)c1Cl. The Balaban J connectivity index is 2.20. The molecule has 0 saturated carbocycles. The molecule has 0 aliphatic carbocycles. The van der Waals surface area contributed by atoms with E-state index in [-0.39, 0.29) is 18.1 Å². The van der Waals surface area contributed by atoms with Crippen LogP contribution < -0.4 is 5.32 Å². The van der Waals surface area contributed by atoms with Crippen LogP contribution >= 0.6 is 43.5 Å². The first-order valence-electron chi connectivity index (χ1n) is 6.33. The molecule has 2 rings (SSSR count). The lowest BCUT2D eigenvalue weighted by Crippen LogP contribution is -2.20.